The third-order valence-corrected chi connectivity index (χ3v) is 4.71. The normalized spacial score (nSPS) is 10.6. The van der Waals surface area contributed by atoms with Crippen molar-refractivity contribution in [2.24, 2.45) is 7.05 Å². The van der Waals surface area contributed by atoms with Crippen molar-refractivity contribution in [1.82, 2.24) is 9.78 Å². The minimum Gasteiger partial charge on any atom is -0.489 e. The standard InChI is InChI=1S/C21H22N4O4/c1-13-10-18(8-9-19(13)25(27)28)29-12-16-6-5-7-17(11-16)21(26)22-20-14(2)23-24(4)15(20)3/h5-11H,12H2,1-4H3,(H,22,26). The number of amides is 1. The molecule has 1 heterocycles. The van der Waals surface area contributed by atoms with Crippen LogP contribution in [-0.4, -0.2) is 20.6 Å². The molecular weight excluding hydrogens is 372 g/mol. The van der Waals surface area contributed by atoms with Gasteiger partial charge in [0.25, 0.3) is 11.6 Å². The lowest BCUT2D eigenvalue weighted by atomic mass is 10.1. The van der Waals surface area contributed by atoms with Crippen LogP contribution in [0.4, 0.5) is 11.4 Å². The molecule has 150 valence electrons. The van der Waals surface area contributed by atoms with E-state index in [1.54, 1.807) is 41.9 Å². The number of aromatic nitrogens is 2. The van der Waals surface area contributed by atoms with Crippen LogP contribution in [0.3, 0.4) is 0 Å². The van der Waals surface area contributed by atoms with Crippen molar-refractivity contribution >= 4 is 17.3 Å². The number of nitro benzene ring substituents is 1. The molecule has 0 radical (unpaired) electrons. The van der Waals surface area contributed by atoms with Gasteiger partial charge in [0.2, 0.25) is 0 Å². The maximum Gasteiger partial charge on any atom is 0.272 e. The van der Waals surface area contributed by atoms with E-state index in [-0.39, 0.29) is 18.2 Å². The first-order valence-electron chi connectivity index (χ1n) is 9.04. The zero-order valence-electron chi connectivity index (χ0n) is 16.7. The number of aryl methyl sites for hydroxylation is 3. The Morgan fingerprint density at radius 3 is 2.59 bits per heavy atom. The van der Waals surface area contributed by atoms with Gasteiger partial charge in [-0.25, -0.2) is 0 Å². The number of benzene rings is 2. The molecule has 0 aliphatic carbocycles. The van der Waals surface area contributed by atoms with Gasteiger partial charge in [-0.05, 0) is 50.6 Å². The van der Waals surface area contributed by atoms with E-state index in [0.717, 1.165) is 17.0 Å². The van der Waals surface area contributed by atoms with E-state index in [1.807, 2.05) is 27.0 Å². The van der Waals surface area contributed by atoms with Gasteiger partial charge in [0.05, 0.1) is 22.0 Å². The largest absolute Gasteiger partial charge is 0.489 e. The van der Waals surface area contributed by atoms with Gasteiger partial charge in [-0.1, -0.05) is 12.1 Å². The monoisotopic (exact) mass is 394 g/mol. The number of nitrogens with one attached hydrogen (secondary N) is 1. The summed E-state index contributed by atoms with van der Waals surface area (Å²) in [5, 5.41) is 18.1. The Morgan fingerprint density at radius 2 is 1.97 bits per heavy atom. The van der Waals surface area contributed by atoms with Gasteiger partial charge in [0, 0.05) is 24.2 Å². The molecule has 1 N–H and O–H groups in total. The van der Waals surface area contributed by atoms with Crippen LogP contribution >= 0.6 is 0 Å². The molecule has 0 spiro atoms. The Balaban J connectivity index is 1.70. The summed E-state index contributed by atoms with van der Waals surface area (Å²) < 4.78 is 7.46. The summed E-state index contributed by atoms with van der Waals surface area (Å²) >= 11 is 0. The first-order chi connectivity index (χ1) is 13.8. The quantitative estimate of drug-likeness (QED) is 0.501. The van der Waals surface area contributed by atoms with Crippen LogP contribution in [-0.2, 0) is 13.7 Å². The Kier molecular flexibility index (Phi) is 5.63. The van der Waals surface area contributed by atoms with E-state index in [9.17, 15) is 14.9 Å². The number of ether oxygens (including phenoxy) is 1. The van der Waals surface area contributed by atoms with Gasteiger partial charge in [-0.2, -0.15) is 5.10 Å². The van der Waals surface area contributed by atoms with Gasteiger partial charge >= 0.3 is 0 Å². The molecule has 0 atom stereocenters. The highest BCUT2D eigenvalue weighted by molar-refractivity contribution is 6.05. The SMILES string of the molecule is Cc1cc(OCc2cccc(C(=O)Nc3c(C)nn(C)c3C)c2)ccc1[N+](=O)[O-]. The maximum atomic E-state index is 12.6. The van der Waals surface area contributed by atoms with E-state index >= 15 is 0 Å². The second-order valence-electron chi connectivity index (χ2n) is 6.82. The number of hydrogen-bond donors (Lipinski definition) is 1. The summed E-state index contributed by atoms with van der Waals surface area (Å²) in [6.45, 7) is 5.65. The highest BCUT2D eigenvalue weighted by atomic mass is 16.6. The molecule has 3 rings (SSSR count). The Labute approximate surface area is 168 Å². The zero-order valence-corrected chi connectivity index (χ0v) is 16.7. The second kappa shape index (κ2) is 8.14. The molecular formula is C21H22N4O4. The molecule has 0 saturated heterocycles. The molecule has 0 unspecified atom stereocenters. The minimum atomic E-state index is -0.424. The molecule has 8 nitrogen and oxygen atoms in total. The van der Waals surface area contributed by atoms with Crippen molar-refractivity contribution in [3.8, 4) is 5.75 Å². The number of nitrogens with zero attached hydrogens (tertiary/aromatic N) is 3. The lowest BCUT2D eigenvalue weighted by Crippen LogP contribution is -2.13. The van der Waals surface area contributed by atoms with E-state index in [1.165, 1.54) is 6.07 Å². The fourth-order valence-corrected chi connectivity index (χ4v) is 3.03. The molecule has 2 aromatic carbocycles. The van der Waals surface area contributed by atoms with Crippen LogP contribution in [0.1, 0.15) is 32.9 Å². The smallest absolute Gasteiger partial charge is 0.272 e. The fourth-order valence-electron chi connectivity index (χ4n) is 3.03. The number of hydrogen-bond acceptors (Lipinski definition) is 5. The first-order valence-corrected chi connectivity index (χ1v) is 9.04. The Morgan fingerprint density at radius 1 is 1.21 bits per heavy atom. The van der Waals surface area contributed by atoms with E-state index in [0.29, 0.717) is 22.6 Å². The number of carbonyl (C=O) groups excluding carboxylic acids is 1. The molecule has 0 fully saturated rings. The maximum absolute atomic E-state index is 12.6. The van der Waals surface area contributed by atoms with Crippen LogP contribution in [0.2, 0.25) is 0 Å². The third kappa shape index (κ3) is 4.43. The summed E-state index contributed by atoms with van der Waals surface area (Å²) in [5.41, 5.74) is 4.25. The molecule has 0 saturated carbocycles. The molecule has 0 bridgehead atoms. The average Bonchev–Trinajstić information content (AvgIpc) is 2.92. The van der Waals surface area contributed by atoms with Gasteiger partial charge in [0.1, 0.15) is 12.4 Å². The van der Waals surface area contributed by atoms with Crippen molar-refractivity contribution in [1.29, 1.82) is 0 Å². The summed E-state index contributed by atoms with van der Waals surface area (Å²) in [6, 6.07) is 11.8. The number of carbonyl (C=O) groups is 1. The summed E-state index contributed by atoms with van der Waals surface area (Å²) in [7, 11) is 1.83. The van der Waals surface area contributed by atoms with Crippen molar-refractivity contribution in [2.75, 3.05) is 5.32 Å². The highest BCUT2D eigenvalue weighted by Gasteiger charge is 2.14. The number of nitro groups is 1. The predicted molar refractivity (Wildman–Crippen MR) is 109 cm³/mol. The van der Waals surface area contributed by atoms with Crippen LogP contribution in [0.15, 0.2) is 42.5 Å². The predicted octanol–water partition coefficient (Wildman–Crippen LogP) is 4.08. The van der Waals surface area contributed by atoms with Gasteiger partial charge < -0.3 is 10.1 Å². The van der Waals surface area contributed by atoms with Crippen molar-refractivity contribution in [2.45, 2.75) is 27.4 Å². The van der Waals surface area contributed by atoms with Crippen LogP contribution < -0.4 is 10.1 Å². The topological polar surface area (TPSA) is 99.3 Å². The number of rotatable bonds is 6. The molecule has 1 aromatic heterocycles. The lowest BCUT2D eigenvalue weighted by molar-refractivity contribution is -0.385. The van der Waals surface area contributed by atoms with Gasteiger partial charge in [-0.3, -0.25) is 19.6 Å². The molecule has 29 heavy (non-hydrogen) atoms. The van der Waals surface area contributed by atoms with Crippen LogP contribution in [0.5, 0.6) is 5.75 Å². The van der Waals surface area contributed by atoms with Gasteiger partial charge in [-0.15, -0.1) is 0 Å². The van der Waals surface area contributed by atoms with Crippen molar-refractivity contribution in [3.05, 3.63) is 80.7 Å². The minimum absolute atomic E-state index is 0.0528. The van der Waals surface area contributed by atoms with Crippen LogP contribution in [0.25, 0.3) is 0 Å². The lowest BCUT2D eigenvalue weighted by Gasteiger charge is -2.10. The molecule has 1 amide bonds. The first kappa shape index (κ1) is 20.1. The molecule has 8 heteroatoms. The van der Waals surface area contributed by atoms with E-state index in [2.05, 4.69) is 10.4 Å². The van der Waals surface area contributed by atoms with E-state index < -0.39 is 4.92 Å². The zero-order chi connectivity index (χ0) is 21.1. The van der Waals surface area contributed by atoms with Gasteiger partial charge in [0.15, 0.2) is 0 Å². The second-order valence-corrected chi connectivity index (χ2v) is 6.82. The molecule has 3 aromatic rings. The summed E-state index contributed by atoms with van der Waals surface area (Å²) in [5.74, 6) is 0.307. The highest BCUT2D eigenvalue weighted by Crippen LogP contribution is 2.24. The van der Waals surface area contributed by atoms with Crippen LogP contribution in [0, 0.1) is 30.9 Å². The third-order valence-electron chi connectivity index (χ3n) is 4.71. The summed E-state index contributed by atoms with van der Waals surface area (Å²) in [6.07, 6.45) is 0. The molecule has 0 aliphatic heterocycles. The Bertz CT molecular complexity index is 1090. The van der Waals surface area contributed by atoms with Crippen molar-refractivity contribution in [3.63, 3.8) is 0 Å². The van der Waals surface area contributed by atoms with E-state index in [4.69, 9.17) is 4.74 Å². The average molecular weight is 394 g/mol. The molecule has 0 aliphatic rings. The Hall–Kier alpha value is -3.68. The van der Waals surface area contributed by atoms with Crippen molar-refractivity contribution < 1.29 is 14.5 Å². The number of anilines is 1. The fraction of sp³-hybridized carbons (Fsp3) is 0.238. The summed E-state index contributed by atoms with van der Waals surface area (Å²) in [4.78, 5) is 23.1.